The lowest BCUT2D eigenvalue weighted by atomic mass is 9.76. The third-order valence-electron chi connectivity index (χ3n) is 7.42. The molecule has 2 aromatic rings. The number of likely N-dealkylation sites (N-methyl/N-ethyl adjacent to an activating group) is 1. The van der Waals surface area contributed by atoms with E-state index in [9.17, 15) is 14.4 Å². The standard InChI is InChI=1S/C22H25N5O4/c1-12-9-17(28)27-16(23-12)10-14(24-27)13-4-7-26(8-5-13)20(29)18-15-3-6-22(31-15)11-25(2)21(30)19(18)22/h3,6,9-10,13,15,18-19,24H,4-5,7-8,11H2,1-2H3/t15-,18+,19-,22+/m1/s1. The molecule has 31 heavy (non-hydrogen) atoms. The molecule has 4 atom stereocenters. The van der Waals surface area contributed by atoms with Crippen LogP contribution in [0.4, 0.5) is 0 Å². The van der Waals surface area contributed by atoms with Gasteiger partial charge in [0.2, 0.25) is 11.8 Å². The molecule has 0 aliphatic carbocycles. The summed E-state index contributed by atoms with van der Waals surface area (Å²) in [6, 6.07) is 3.44. The predicted molar refractivity (Wildman–Crippen MR) is 110 cm³/mol. The largest absolute Gasteiger partial charge is 0.360 e. The minimum absolute atomic E-state index is 0.00592. The van der Waals surface area contributed by atoms with E-state index in [1.54, 1.807) is 11.9 Å². The first-order valence-corrected chi connectivity index (χ1v) is 10.9. The molecule has 3 fully saturated rings. The zero-order chi connectivity index (χ0) is 21.5. The number of carbonyl (C=O) groups is 2. The molecule has 4 aliphatic heterocycles. The van der Waals surface area contributed by atoms with Gasteiger partial charge in [-0.3, -0.25) is 19.5 Å². The van der Waals surface area contributed by atoms with E-state index in [-0.39, 0.29) is 29.4 Å². The lowest BCUT2D eigenvalue weighted by Gasteiger charge is -2.35. The van der Waals surface area contributed by atoms with E-state index in [1.807, 2.05) is 30.0 Å². The lowest BCUT2D eigenvalue weighted by molar-refractivity contribution is -0.143. The second kappa shape index (κ2) is 6.29. The molecule has 6 rings (SSSR count). The Bertz CT molecular complexity index is 1190. The molecule has 2 bridgehead atoms. The minimum atomic E-state index is -0.627. The normalized spacial score (nSPS) is 32.5. The number of fused-ring (bicyclic) bond motifs is 2. The van der Waals surface area contributed by atoms with Crippen LogP contribution in [0.1, 0.15) is 30.1 Å². The predicted octanol–water partition coefficient (Wildman–Crippen LogP) is 0.449. The molecule has 0 radical (unpaired) electrons. The van der Waals surface area contributed by atoms with E-state index < -0.39 is 17.4 Å². The molecule has 1 N–H and O–H groups in total. The zero-order valence-electron chi connectivity index (χ0n) is 17.6. The number of rotatable bonds is 2. The van der Waals surface area contributed by atoms with E-state index in [4.69, 9.17) is 4.74 Å². The molecule has 0 aromatic carbocycles. The SMILES string of the molecule is Cc1cc(=O)n2[nH]c(C3CCN(C(=O)[C@H]4[C@H]5C=C[C@@]6(CN(C)C(=O)[C@@H]46)O5)CC3)cc2n1. The lowest BCUT2D eigenvalue weighted by Crippen LogP contribution is -2.48. The van der Waals surface area contributed by atoms with Crippen LogP contribution in [0.2, 0.25) is 0 Å². The highest BCUT2D eigenvalue weighted by molar-refractivity contribution is 5.93. The van der Waals surface area contributed by atoms with Crippen molar-refractivity contribution in [3.8, 4) is 0 Å². The average molecular weight is 423 g/mol. The smallest absolute Gasteiger partial charge is 0.272 e. The maximum atomic E-state index is 13.4. The molecular formula is C22H25N5O4. The topological polar surface area (TPSA) is 100 Å². The Kier molecular flexibility index (Phi) is 3.81. The highest BCUT2D eigenvalue weighted by Crippen LogP contribution is 2.52. The Labute approximate surface area is 178 Å². The van der Waals surface area contributed by atoms with Crippen LogP contribution < -0.4 is 5.56 Å². The Morgan fingerprint density at radius 3 is 2.81 bits per heavy atom. The number of amides is 2. The first-order chi connectivity index (χ1) is 14.9. The number of aromatic nitrogens is 3. The Balaban J connectivity index is 1.19. The van der Waals surface area contributed by atoms with Crippen LogP contribution >= 0.6 is 0 Å². The fraction of sp³-hybridized carbons (Fsp3) is 0.545. The molecular weight excluding hydrogens is 398 g/mol. The highest BCUT2D eigenvalue weighted by Gasteiger charge is 2.66. The van der Waals surface area contributed by atoms with Crippen LogP contribution in [0.5, 0.6) is 0 Å². The van der Waals surface area contributed by atoms with E-state index in [0.29, 0.717) is 31.0 Å². The van der Waals surface area contributed by atoms with Gasteiger partial charge >= 0.3 is 0 Å². The molecule has 6 heterocycles. The van der Waals surface area contributed by atoms with Crippen molar-refractivity contribution in [2.45, 2.75) is 37.4 Å². The van der Waals surface area contributed by atoms with Crippen LogP contribution in [0.25, 0.3) is 5.65 Å². The molecule has 4 aliphatic rings. The number of piperidine rings is 1. The summed E-state index contributed by atoms with van der Waals surface area (Å²) in [6.45, 7) is 3.57. The Morgan fingerprint density at radius 2 is 2.03 bits per heavy atom. The molecule has 3 saturated heterocycles. The number of carbonyl (C=O) groups excluding carboxylic acids is 2. The Morgan fingerprint density at radius 1 is 1.26 bits per heavy atom. The first kappa shape index (κ1) is 18.8. The van der Waals surface area contributed by atoms with Crippen molar-refractivity contribution in [2.24, 2.45) is 11.8 Å². The van der Waals surface area contributed by atoms with Gasteiger partial charge in [-0.05, 0) is 19.8 Å². The van der Waals surface area contributed by atoms with Gasteiger partial charge in [-0.2, -0.15) is 0 Å². The average Bonchev–Trinajstić information content (AvgIpc) is 3.48. The molecule has 2 aromatic heterocycles. The fourth-order valence-electron chi connectivity index (χ4n) is 5.93. The van der Waals surface area contributed by atoms with Gasteiger partial charge in [0.15, 0.2) is 5.65 Å². The van der Waals surface area contributed by atoms with Gasteiger partial charge in [-0.1, -0.05) is 12.2 Å². The number of aryl methyl sites for hydroxylation is 1. The van der Waals surface area contributed by atoms with Crippen molar-refractivity contribution >= 4 is 17.5 Å². The third-order valence-corrected chi connectivity index (χ3v) is 7.42. The van der Waals surface area contributed by atoms with E-state index >= 15 is 0 Å². The summed E-state index contributed by atoms with van der Waals surface area (Å²) in [4.78, 5) is 46.3. The number of nitrogens with one attached hydrogen (secondary N) is 1. The van der Waals surface area contributed by atoms with E-state index in [1.165, 1.54) is 10.6 Å². The summed E-state index contributed by atoms with van der Waals surface area (Å²) in [6.07, 6.45) is 5.22. The van der Waals surface area contributed by atoms with Crippen LogP contribution in [-0.2, 0) is 14.3 Å². The molecule has 9 nitrogen and oxygen atoms in total. The maximum absolute atomic E-state index is 13.4. The fourth-order valence-corrected chi connectivity index (χ4v) is 5.93. The summed E-state index contributed by atoms with van der Waals surface area (Å²) in [5.41, 5.74) is 1.55. The number of nitrogens with zero attached hydrogens (tertiary/aromatic N) is 4. The zero-order valence-corrected chi connectivity index (χ0v) is 17.6. The van der Waals surface area contributed by atoms with Crippen LogP contribution in [0, 0.1) is 18.8 Å². The third kappa shape index (κ3) is 2.59. The number of H-pyrrole nitrogens is 1. The number of likely N-dealkylation sites (tertiary alicyclic amines) is 2. The summed E-state index contributed by atoms with van der Waals surface area (Å²) in [7, 11) is 1.77. The first-order valence-electron chi connectivity index (χ1n) is 10.9. The molecule has 0 unspecified atom stereocenters. The summed E-state index contributed by atoms with van der Waals surface area (Å²) >= 11 is 0. The molecule has 1 spiro atoms. The van der Waals surface area contributed by atoms with Crippen molar-refractivity contribution < 1.29 is 14.3 Å². The van der Waals surface area contributed by atoms with E-state index in [2.05, 4.69) is 10.1 Å². The van der Waals surface area contributed by atoms with Gasteiger partial charge in [-0.15, -0.1) is 0 Å². The number of hydrogen-bond acceptors (Lipinski definition) is 5. The summed E-state index contributed by atoms with van der Waals surface area (Å²) in [5.74, 6) is -0.586. The van der Waals surface area contributed by atoms with Gasteiger partial charge in [-0.25, -0.2) is 9.50 Å². The van der Waals surface area contributed by atoms with Crippen molar-refractivity contribution in [3.63, 3.8) is 0 Å². The van der Waals surface area contributed by atoms with Crippen molar-refractivity contribution in [2.75, 3.05) is 26.7 Å². The van der Waals surface area contributed by atoms with Crippen molar-refractivity contribution in [3.05, 3.63) is 46.0 Å². The van der Waals surface area contributed by atoms with Crippen LogP contribution in [0.15, 0.2) is 29.1 Å². The summed E-state index contributed by atoms with van der Waals surface area (Å²) < 4.78 is 7.60. The maximum Gasteiger partial charge on any atom is 0.272 e. The number of aromatic amines is 1. The van der Waals surface area contributed by atoms with Crippen LogP contribution in [0.3, 0.4) is 0 Å². The second-order valence-electron chi connectivity index (χ2n) is 9.33. The van der Waals surface area contributed by atoms with Gasteiger partial charge in [0.1, 0.15) is 5.60 Å². The Hall–Kier alpha value is -2.94. The van der Waals surface area contributed by atoms with Gasteiger partial charge < -0.3 is 14.5 Å². The van der Waals surface area contributed by atoms with Crippen molar-refractivity contribution in [1.82, 2.24) is 24.4 Å². The quantitative estimate of drug-likeness (QED) is 0.707. The van der Waals surface area contributed by atoms with Gasteiger partial charge in [0.05, 0.1) is 24.5 Å². The molecule has 162 valence electrons. The minimum Gasteiger partial charge on any atom is -0.360 e. The van der Waals surface area contributed by atoms with Crippen LogP contribution in [-0.4, -0.2) is 74.6 Å². The molecule has 9 heteroatoms. The highest BCUT2D eigenvalue weighted by atomic mass is 16.5. The van der Waals surface area contributed by atoms with Gasteiger partial charge in [0, 0.05) is 49.6 Å². The van der Waals surface area contributed by atoms with E-state index in [0.717, 1.165) is 18.5 Å². The molecule has 0 saturated carbocycles. The monoisotopic (exact) mass is 423 g/mol. The van der Waals surface area contributed by atoms with Crippen molar-refractivity contribution in [1.29, 1.82) is 0 Å². The summed E-state index contributed by atoms with van der Waals surface area (Å²) in [5, 5.41) is 3.18. The van der Waals surface area contributed by atoms with Gasteiger partial charge in [0.25, 0.3) is 5.56 Å². The second-order valence-corrected chi connectivity index (χ2v) is 9.33. The number of hydrogen-bond donors (Lipinski definition) is 1. The molecule has 2 amide bonds. The number of ether oxygens (including phenoxy) is 1.